The van der Waals surface area contributed by atoms with Gasteiger partial charge in [-0.2, -0.15) is 0 Å². The lowest BCUT2D eigenvalue weighted by Crippen LogP contribution is -2.54. The summed E-state index contributed by atoms with van der Waals surface area (Å²) >= 11 is 0. The van der Waals surface area contributed by atoms with Crippen molar-refractivity contribution in [3.8, 4) is 11.1 Å². The standard InChI is InChI=1S/C43H58N4O.C4H8.C2H6/c1-11-34(24-42(7,8)9)32(5)47-20-17-39-37(13-12-14-38(39)33(47)6)26-46-22-21-45(28-43(46)18-19-43)25-36-16-15-35(23-29(36)2)40-27-44(10)41(48)31(4)30(40)3;1-4-2-3-4;1-2/h12-16,23-24,27,33H,5,11,17-22,25-26,28H2,1-4,6-10H3;4H,2-3H2,1H3;1-2H3/b34-24+;;. The summed E-state index contributed by atoms with van der Waals surface area (Å²) < 4.78 is 1.71. The lowest BCUT2D eigenvalue weighted by molar-refractivity contribution is 0.0486. The molecule has 2 saturated carbocycles. The van der Waals surface area contributed by atoms with E-state index in [1.165, 1.54) is 64.8 Å². The summed E-state index contributed by atoms with van der Waals surface area (Å²) in [6, 6.07) is 14.3. The van der Waals surface area contributed by atoms with Crippen molar-refractivity contribution in [2.45, 2.75) is 139 Å². The van der Waals surface area contributed by atoms with Gasteiger partial charge in [0.2, 0.25) is 0 Å². The molecule has 0 bridgehead atoms. The average Bonchev–Trinajstić information content (AvgIpc) is 4.09. The van der Waals surface area contributed by atoms with E-state index < -0.39 is 0 Å². The van der Waals surface area contributed by atoms with Gasteiger partial charge in [-0.3, -0.25) is 14.6 Å². The van der Waals surface area contributed by atoms with Gasteiger partial charge in [0, 0.05) is 74.9 Å². The molecule has 2 aliphatic heterocycles. The smallest absolute Gasteiger partial charge is 0.253 e. The normalized spacial score (nSPS) is 19.7. The molecule has 1 saturated heterocycles. The van der Waals surface area contributed by atoms with Crippen LogP contribution in [0.4, 0.5) is 0 Å². The van der Waals surface area contributed by atoms with Crippen molar-refractivity contribution < 1.29 is 0 Å². The van der Waals surface area contributed by atoms with Gasteiger partial charge in [-0.05, 0) is 109 Å². The summed E-state index contributed by atoms with van der Waals surface area (Å²) in [5, 5.41) is 0. The number of hydrogen-bond donors (Lipinski definition) is 0. The zero-order valence-electron chi connectivity index (χ0n) is 36.2. The molecule has 0 radical (unpaired) electrons. The van der Waals surface area contributed by atoms with E-state index in [4.69, 9.17) is 0 Å². The van der Waals surface area contributed by atoms with Crippen LogP contribution >= 0.6 is 0 Å². The Balaban J connectivity index is 0.000000863. The van der Waals surface area contributed by atoms with Gasteiger partial charge in [-0.25, -0.2) is 0 Å². The summed E-state index contributed by atoms with van der Waals surface area (Å²) in [6.45, 7) is 35.0. The van der Waals surface area contributed by atoms with Gasteiger partial charge in [0.15, 0.2) is 0 Å². The number of fused-ring (bicyclic) bond motifs is 1. The minimum atomic E-state index is 0.0857. The fraction of sp³-hybridized carbons (Fsp3) is 0.571. The molecule has 1 unspecified atom stereocenters. The van der Waals surface area contributed by atoms with E-state index in [9.17, 15) is 4.79 Å². The van der Waals surface area contributed by atoms with Crippen molar-refractivity contribution in [1.82, 2.24) is 19.3 Å². The highest BCUT2D eigenvalue weighted by atomic mass is 16.1. The number of pyridine rings is 1. The van der Waals surface area contributed by atoms with E-state index >= 15 is 0 Å². The second-order valence-electron chi connectivity index (χ2n) is 17.8. The molecule has 1 aromatic heterocycles. The molecule has 1 atom stereocenters. The summed E-state index contributed by atoms with van der Waals surface area (Å²) in [7, 11) is 1.85. The molecule has 54 heavy (non-hydrogen) atoms. The van der Waals surface area contributed by atoms with Gasteiger partial charge >= 0.3 is 0 Å². The molecule has 5 nitrogen and oxygen atoms in total. The van der Waals surface area contributed by atoms with Crippen LogP contribution in [-0.4, -0.2) is 51.0 Å². The Morgan fingerprint density at radius 1 is 0.944 bits per heavy atom. The van der Waals surface area contributed by atoms with Crippen LogP contribution in [0.15, 0.2) is 71.3 Å². The second kappa shape index (κ2) is 17.2. The highest BCUT2D eigenvalue weighted by Gasteiger charge is 2.51. The largest absolute Gasteiger partial charge is 0.365 e. The van der Waals surface area contributed by atoms with Gasteiger partial charge in [0.05, 0.1) is 6.04 Å². The molecule has 0 amide bonds. The molecule has 3 fully saturated rings. The molecule has 5 heteroatoms. The molecule has 2 aromatic carbocycles. The molecular formula is C49H72N4O. The van der Waals surface area contributed by atoms with Gasteiger partial charge in [-0.15, -0.1) is 0 Å². The van der Waals surface area contributed by atoms with E-state index in [0.717, 1.165) is 74.7 Å². The van der Waals surface area contributed by atoms with Gasteiger partial charge in [-0.1, -0.05) is 110 Å². The predicted octanol–water partition coefficient (Wildman–Crippen LogP) is 11.1. The topological polar surface area (TPSA) is 31.7 Å². The molecule has 294 valence electrons. The van der Waals surface area contributed by atoms with E-state index in [1.807, 2.05) is 34.0 Å². The zero-order valence-corrected chi connectivity index (χ0v) is 36.2. The Morgan fingerprint density at radius 3 is 2.22 bits per heavy atom. The molecule has 1 spiro atoms. The van der Waals surface area contributed by atoms with Crippen LogP contribution in [-0.2, 0) is 26.6 Å². The molecule has 7 rings (SSSR count). The number of aryl methyl sites for hydroxylation is 2. The van der Waals surface area contributed by atoms with Gasteiger partial charge in [0.1, 0.15) is 0 Å². The third-order valence-corrected chi connectivity index (χ3v) is 12.4. The summed E-state index contributed by atoms with van der Waals surface area (Å²) in [5.74, 6) is 1.08. The number of allylic oxidation sites excluding steroid dienone is 2. The number of benzene rings is 2. The van der Waals surface area contributed by atoms with Gasteiger partial charge in [0.25, 0.3) is 5.56 Å². The van der Waals surface area contributed by atoms with Crippen molar-refractivity contribution in [2.24, 2.45) is 18.4 Å². The number of hydrogen-bond acceptors (Lipinski definition) is 4. The molecule has 2 aliphatic carbocycles. The van der Waals surface area contributed by atoms with Crippen LogP contribution in [0.1, 0.15) is 132 Å². The maximum absolute atomic E-state index is 12.4. The summed E-state index contributed by atoms with van der Waals surface area (Å²) in [4.78, 5) is 20.5. The van der Waals surface area contributed by atoms with Crippen molar-refractivity contribution in [1.29, 1.82) is 0 Å². The van der Waals surface area contributed by atoms with E-state index in [1.54, 1.807) is 10.1 Å². The molecule has 3 heterocycles. The minimum absolute atomic E-state index is 0.0857. The zero-order chi connectivity index (χ0) is 39.5. The lowest BCUT2D eigenvalue weighted by atomic mass is 9.87. The average molecular weight is 733 g/mol. The van der Waals surface area contributed by atoms with E-state index in [0.29, 0.717) is 11.6 Å². The maximum atomic E-state index is 12.4. The van der Waals surface area contributed by atoms with Crippen LogP contribution in [0, 0.1) is 32.1 Å². The van der Waals surface area contributed by atoms with Crippen molar-refractivity contribution >= 4 is 0 Å². The van der Waals surface area contributed by atoms with Crippen LogP contribution in [0.2, 0.25) is 0 Å². The maximum Gasteiger partial charge on any atom is 0.253 e. The van der Waals surface area contributed by atoms with Crippen LogP contribution in [0.25, 0.3) is 11.1 Å². The molecule has 4 aliphatic rings. The Morgan fingerprint density at radius 2 is 1.63 bits per heavy atom. The Kier molecular flexibility index (Phi) is 13.3. The molecule has 0 N–H and O–H groups in total. The Bertz CT molecular complexity index is 1880. The highest BCUT2D eigenvalue weighted by molar-refractivity contribution is 5.68. The number of rotatable bonds is 8. The van der Waals surface area contributed by atoms with Crippen molar-refractivity contribution in [2.75, 3.05) is 26.2 Å². The molecule has 3 aromatic rings. The quantitative estimate of drug-likeness (QED) is 0.216. The number of nitrogens with zero attached hydrogens (tertiary/aromatic N) is 4. The third kappa shape index (κ3) is 9.51. The Hall–Kier alpha value is -3.41. The third-order valence-electron chi connectivity index (χ3n) is 12.4. The van der Waals surface area contributed by atoms with Crippen molar-refractivity contribution in [3.05, 3.63) is 116 Å². The number of piperazine rings is 1. The van der Waals surface area contributed by atoms with Gasteiger partial charge < -0.3 is 9.47 Å². The van der Waals surface area contributed by atoms with Crippen LogP contribution in [0.5, 0.6) is 0 Å². The second-order valence-corrected chi connectivity index (χ2v) is 17.8. The lowest BCUT2D eigenvalue weighted by Gasteiger charge is -2.44. The Labute approximate surface area is 329 Å². The van der Waals surface area contributed by atoms with Crippen LogP contribution < -0.4 is 5.56 Å². The monoisotopic (exact) mass is 733 g/mol. The highest BCUT2D eigenvalue weighted by Crippen LogP contribution is 2.46. The first-order chi connectivity index (χ1) is 25.6. The fourth-order valence-electron chi connectivity index (χ4n) is 8.57. The summed E-state index contributed by atoms with van der Waals surface area (Å²) in [5.41, 5.74) is 14.7. The first kappa shape index (κ1) is 41.7. The van der Waals surface area contributed by atoms with E-state index in [-0.39, 0.29) is 11.0 Å². The summed E-state index contributed by atoms with van der Waals surface area (Å²) in [6.07, 6.45) is 12.1. The molecular weight excluding hydrogens is 661 g/mol. The number of aromatic nitrogens is 1. The first-order valence-corrected chi connectivity index (χ1v) is 21.1. The fourth-order valence-corrected chi connectivity index (χ4v) is 8.57. The minimum Gasteiger partial charge on any atom is -0.365 e. The predicted molar refractivity (Wildman–Crippen MR) is 231 cm³/mol. The van der Waals surface area contributed by atoms with Crippen LogP contribution in [0.3, 0.4) is 0 Å². The first-order valence-electron chi connectivity index (χ1n) is 21.1. The SMILES string of the molecule is C=C(/C(=C/C(C)(C)C)CC)N1CCc2c(CN3CCN(Cc4ccc(-c5cn(C)c(=O)c(C)c5C)cc4C)CC34CC4)cccc2C1C.CC.CC1CC1. The van der Waals surface area contributed by atoms with E-state index in [2.05, 4.69) is 119 Å². The van der Waals surface area contributed by atoms with Crippen molar-refractivity contribution in [3.63, 3.8) is 0 Å².